The summed E-state index contributed by atoms with van der Waals surface area (Å²) in [6.07, 6.45) is 1.94. The molecule has 1 aromatic heterocycles. The van der Waals surface area contributed by atoms with Gasteiger partial charge in [0.1, 0.15) is 5.76 Å². The lowest BCUT2D eigenvalue weighted by molar-refractivity contribution is 0.184. The topological polar surface area (TPSA) is 28.4 Å². The van der Waals surface area contributed by atoms with E-state index in [-0.39, 0.29) is 6.04 Å². The molecule has 1 aliphatic heterocycles. The molecule has 0 spiro atoms. The van der Waals surface area contributed by atoms with Crippen molar-refractivity contribution >= 4 is 15.9 Å². The summed E-state index contributed by atoms with van der Waals surface area (Å²) in [4.78, 5) is 2.37. The van der Waals surface area contributed by atoms with Gasteiger partial charge in [0.15, 0.2) is 4.67 Å². The molecule has 2 heterocycles. The zero-order valence-corrected chi connectivity index (χ0v) is 10.2. The van der Waals surface area contributed by atoms with Crippen molar-refractivity contribution < 1.29 is 4.42 Å². The lowest BCUT2D eigenvalue weighted by Crippen LogP contribution is -2.44. The molecule has 3 nitrogen and oxygen atoms in total. The fraction of sp³-hybridized carbons (Fsp3) is 0.455. The lowest BCUT2D eigenvalue weighted by atomic mass is 10.1. The number of nitrogens with one attached hydrogen (secondary N) is 1. The maximum atomic E-state index is 5.57. The van der Waals surface area contributed by atoms with Crippen molar-refractivity contribution in [3.8, 4) is 0 Å². The Bertz CT molecular complexity index is 331. The van der Waals surface area contributed by atoms with E-state index in [1.165, 1.54) is 0 Å². The maximum Gasteiger partial charge on any atom is 0.169 e. The zero-order chi connectivity index (χ0) is 10.7. The van der Waals surface area contributed by atoms with Gasteiger partial charge in [0.05, 0.1) is 6.04 Å². The van der Waals surface area contributed by atoms with Crippen LogP contribution in [0.5, 0.6) is 0 Å². The fourth-order valence-corrected chi connectivity index (χ4v) is 2.21. The Labute approximate surface area is 98.3 Å². The molecule has 82 valence electrons. The van der Waals surface area contributed by atoms with Gasteiger partial charge in [-0.2, -0.15) is 0 Å². The third-order valence-electron chi connectivity index (χ3n) is 2.65. The quantitative estimate of drug-likeness (QED) is 0.854. The average Bonchev–Trinajstić information content (AvgIpc) is 2.68. The molecular formula is C11H15BrN2O. The molecule has 15 heavy (non-hydrogen) atoms. The molecule has 0 bridgehead atoms. The van der Waals surface area contributed by atoms with E-state index in [0.29, 0.717) is 0 Å². The van der Waals surface area contributed by atoms with Crippen molar-refractivity contribution in [3.63, 3.8) is 0 Å². The summed E-state index contributed by atoms with van der Waals surface area (Å²) in [6.45, 7) is 8.03. The molecule has 1 aliphatic rings. The van der Waals surface area contributed by atoms with Crippen LogP contribution in [0.1, 0.15) is 11.8 Å². The van der Waals surface area contributed by atoms with Crippen LogP contribution < -0.4 is 5.32 Å². The minimum Gasteiger partial charge on any atom is -0.452 e. The van der Waals surface area contributed by atoms with Gasteiger partial charge in [-0.1, -0.05) is 6.08 Å². The van der Waals surface area contributed by atoms with Crippen molar-refractivity contribution in [2.24, 2.45) is 0 Å². The highest BCUT2D eigenvalue weighted by Gasteiger charge is 2.21. The minimum atomic E-state index is 0.193. The number of hydrogen-bond acceptors (Lipinski definition) is 3. The van der Waals surface area contributed by atoms with Crippen molar-refractivity contribution in [3.05, 3.63) is 35.2 Å². The zero-order valence-electron chi connectivity index (χ0n) is 8.58. The molecule has 0 unspecified atom stereocenters. The molecule has 1 N–H and O–H groups in total. The van der Waals surface area contributed by atoms with Gasteiger partial charge in [-0.05, 0) is 28.1 Å². The molecule has 4 heteroatoms. The molecule has 1 saturated heterocycles. The Balaban J connectivity index is 2.12. The molecule has 1 atom stereocenters. The van der Waals surface area contributed by atoms with Crippen LogP contribution in [0.25, 0.3) is 0 Å². The van der Waals surface area contributed by atoms with Crippen LogP contribution in [0.3, 0.4) is 0 Å². The van der Waals surface area contributed by atoms with Crippen molar-refractivity contribution in [2.75, 3.05) is 26.2 Å². The van der Waals surface area contributed by atoms with Crippen molar-refractivity contribution in [1.29, 1.82) is 0 Å². The van der Waals surface area contributed by atoms with Gasteiger partial charge in [0.2, 0.25) is 0 Å². The highest BCUT2D eigenvalue weighted by molar-refractivity contribution is 9.10. The van der Waals surface area contributed by atoms with E-state index in [1.807, 2.05) is 18.2 Å². The van der Waals surface area contributed by atoms with Crippen LogP contribution in [-0.2, 0) is 0 Å². The largest absolute Gasteiger partial charge is 0.452 e. The molecule has 0 amide bonds. The summed E-state index contributed by atoms with van der Waals surface area (Å²) in [5.41, 5.74) is 0. The third-order valence-corrected chi connectivity index (χ3v) is 3.08. The Hall–Kier alpha value is -0.580. The van der Waals surface area contributed by atoms with Crippen LogP contribution >= 0.6 is 15.9 Å². The van der Waals surface area contributed by atoms with Crippen LogP contribution in [-0.4, -0.2) is 31.1 Å². The molecule has 0 saturated carbocycles. The molecule has 0 radical (unpaired) electrons. The van der Waals surface area contributed by atoms with Gasteiger partial charge >= 0.3 is 0 Å². The number of piperazine rings is 1. The minimum absolute atomic E-state index is 0.193. The highest BCUT2D eigenvalue weighted by atomic mass is 79.9. The second kappa shape index (κ2) is 4.96. The smallest absolute Gasteiger partial charge is 0.169 e. The Morgan fingerprint density at radius 2 is 2.20 bits per heavy atom. The first-order valence-corrected chi connectivity index (χ1v) is 5.93. The Kier molecular flexibility index (Phi) is 3.61. The number of nitrogens with zero attached hydrogens (tertiary/aromatic N) is 1. The summed E-state index contributed by atoms with van der Waals surface area (Å²) in [6, 6.07) is 4.12. The van der Waals surface area contributed by atoms with Crippen LogP contribution in [0, 0.1) is 0 Å². The molecule has 1 aromatic rings. The van der Waals surface area contributed by atoms with Crippen molar-refractivity contribution in [2.45, 2.75) is 6.04 Å². The Morgan fingerprint density at radius 3 is 2.73 bits per heavy atom. The van der Waals surface area contributed by atoms with Gasteiger partial charge in [-0.3, -0.25) is 4.90 Å². The third kappa shape index (κ3) is 2.51. The predicted octanol–water partition coefficient (Wildman–Crippen LogP) is 2.17. The number of halogens is 1. The summed E-state index contributed by atoms with van der Waals surface area (Å²) in [7, 11) is 0. The first kappa shape index (κ1) is 10.9. The SMILES string of the molecule is C=C[C@@H](c1ccc(Br)o1)N1CCNCC1. The van der Waals surface area contributed by atoms with Gasteiger partial charge in [0, 0.05) is 26.2 Å². The summed E-state index contributed by atoms with van der Waals surface area (Å²) in [5.74, 6) is 0.957. The molecule has 0 aliphatic carbocycles. The average molecular weight is 271 g/mol. The number of hydrogen-bond donors (Lipinski definition) is 1. The molecule has 2 rings (SSSR count). The van der Waals surface area contributed by atoms with E-state index in [0.717, 1.165) is 36.6 Å². The number of rotatable bonds is 3. The molecular weight excluding hydrogens is 256 g/mol. The summed E-state index contributed by atoms with van der Waals surface area (Å²) in [5, 5.41) is 3.33. The van der Waals surface area contributed by atoms with Crippen molar-refractivity contribution in [1.82, 2.24) is 10.2 Å². The second-order valence-electron chi connectivity index (χ2n) is 3.61. The van der Waals surface area contributed by atoms with Gasteiger partial charge in [-0.25, -0.2) is 0 Å². The fourth-order valence-electron chi connectivity index (χ4n) is 1.89. The molecule has 1 fully saturated rings. The van der Waals surface area contributed by atoms with E-state index in [4.69, 9.17) is 4.42 Å². The monoisotopic (exact) mass is 270 g/mol. The van der Waals surface area contributed by atoms with Gasteiger partial charge in [-0.15, -0.1) is 6.58 Å². The Morgan fingerprint density at radius 1 is 1.47 bits per heavy atom. The van der Waals surface area contributed by atoms with E-state index in [2.05, 4.69) is 32.7 Å². The lowest BCUT2D eigenvalue weighted by Gasteiger charge is -2.31. The number of furan rings is 1. The summed E-state index contributed by atoms with van der Waals surface area (Å²) < 4.78 is 6.35. The van der Waals surface area contributed by atoms with E-state index < -0.39 is 0 Å². The van der Waals surface area contributed by atoms with Crippen LogP contribution in [0.15, 0.2) is 33.9 Å². The first-order chi connectivity index (χ1) is 7.31. The summed E-state index contributed by atoms with van der Waals surface area (Å²) >= 11 is 3.32. The second-order valence-corrected chi connectivity index (χ2v) is 4.39. The normalized spacial score (nSPS) is 20.1. The van der Waals surface area contributed by atoms with Crippen LogP contribution in [0.2, 0.25) is 0 Å². The van der Waals surface area contributed by atoms with E-state index in [1.54, 1.807) is 0 Å². The van der Waals surface area contributed by atoms with Gasteiger partial charge < -0.3 is 9.73 Å². The predicted molar refractivity (Wildman–Crippen MR) is 63.8 cm³/mol. The highest BCUT2D eigenvalue weighted by Crippen LogP contribution is 2.26. The maximum absolute atomic E-state index is 5.57. The van der Waals surface area contributed by atoms with Gasteiger partial charge in [0.25, 0.3) is 0 Å². The first-order valence-electron chi connectivity index (χ1n) is 5.14. The van der Waals surface area contributed by atoms with Crippen LogP contribution in [0.4, 0.5) is 0 Å². The van der Waals surface area contributed by atoms with E-state index in [9.17, 15) is 0 Å². The van der Waals surface area contributed by atoms with E-state index >= 15 is 0 Å². The standard InChI is InChI=1S/C11H15BrN2O/c1-2-9(10-3-4-11(12)15-10)14-7-5-13-6-8-14/h2-4,9,13H,1,5-8H2/t9-/m0/s1. The molecule has 0 aromatic carbocycles.